The highest BCUT2D eigenvalue weighted by atomic mass is 32.2. The lowest BCUT2D eigenvalue weighted by atomic mass is 9.80. The molecule has 2 aromatic carbocycles. The average Bonchev–Trinajstić information content (AvgIpc) is 3.13. The summed E-state index contributed by atoms with van der Waals surface area (Å²) in [5.74, 6) is -4.88. The standard InChI is InChI=1S/C19H10O9S/c20-7-8-5-6-11(28-8)12-13-14(18(24)19(17(12)23)29(25,26)27)16(22)10-4-2-1-3-9(10)15(13)21/h1-7,23-24H,(H,25,26,27)/p-1. The molecule has 0 amide bonds. The van der Waals surface area contributed by atoms with Gasteiger partial charge in [-0.2, -0.15) is 0 Å². The fraction of sp³-hybridized carbons (Fsp3) is 0. The quantitative estimate of drug-likeness (QED) is 0.377. The van der Waals surface area contributed by atoms with E-state index in [2.05, 4.69) is 0 Å². The monoisotopic (exact) mass is 413 g/mol. The van der Waals surface area contributed by atoms with Crippen LogP contribution in [0.4, 0.5) is 0 Å². The van der Waals surface area contributed by atoms with Crippen LogP contribution in [0.5, 0.6) is 11.5 Å². The van der Waals surface area contributed by atoms with Crippen LogP contribution in [0.3, 0.4) is 0 Å². The lowest BCUT2D eigenvalue weighted by Gasteiger charge is -2.24. The number of furan rings is 1. The molecule has 1 aliphatic carbocycles. The van der Waals surface area contributed by atoms with Crippen molar-refractivity contribution in [2.75, 3.05) is 0 Å². The van der Waals surface area contributed by atoms with Gasteiger partial charge in [-0.25, -0.2) is 8.42 Å². The van der Waals surface area contributed by atoms with E-state index in [-0.39, 0.29) is 22.6 Å². The zero-order chi connectivity index (χ0) is 21.1. The Balaban J connectivity index is 2.21. The highest BCUT2D eigenvalue weighted by Gasteiger charge is 2.39. The van der Waals surface area contributed by atoms with Crippen molar-refractivity contribution in [3.63, 3.8) is 0 Å². The molecule has 0 aliphatic heterocycles. The van der Waals surface area contributed by atoms with Crippen LogP contribution in [0.1, 0.15) is 42.4 Å². The van der Waals surface area contributed by atoms with Crippen molar-refractivity contribution in [1.82, 2.24) is 0 Å². The maximum Gasteiger partial charge on any atom is 0.198 e. The minimum Gasteiger partial charge on any atom is -0.744 e. The molecule has 0 fully saturated rings. The number of benzene rings is 2. The largest absolute Gasteiger partial charge is 0.744 e. The molecule has 1 aliphatic rings. The molecule has 3 aromatic rings. The number of ketones is 2. The van der Waals surface area contributed by atoms with Crippen molar-refractivity contribution in [2.24, 2.45) is 0 Å². The maximum atomic E-state index is 13.1. The van der Waals surface area contributed by atoms with Crippen molar-refractivity contribution < 1.29 is 42.0 Å². The predicted molar refractivity (Wildman–Crippen MR) is 94.1 cm³/mol. The summed E-state index contributed by atoms with van der Waals surface area (Å²) < 4.78 is 40.2. The minimum absolute atomic E-state index is 0.0510. The first-order chi connectivity index (χ1) is 13.7. The summed E-state index contributed by atoms with van der Waals surface area (Å²) in [5.41, 5.74) is -2.04. The van der Waals surface area contributed by atoms with E-state index >= 15 is 0 Å². The van der Waals surface area contributed by atoms with Gasteiger partial charge in [0.15, 0.2) is 23.6 Å². The topological polar surface area (TPSA) is 162 Å². The summed E-state index contributed by atoms with van der Waals surface area (Å²) >= 11 is 0. The van der Waals surface area contributed by atoms with Crippen LogP contribution in [-0.4, -0.2) is 41.0 Å². The molecular formula is C19H9O9S-. The van der Waals surface area contributed by atoms with E-state index in [1.807, 2.05) is 0 Å². The van der Waals surface area contributed by atoms with Gasteiger partial charge in [-0.05, 0) is 12.1 Å². The summed E-state index contributed by atoms with van der Waals surface area (Å²) in [6.45, 7) is 0. The lowest BCUT2D eigenvalue weighted by molar-refractivity contribution is 0.0976. The second-order valence-electron chi connectivity index (χ2n) is 6.13. The molecule has 0 atom stereocenters. The van der Waals surface area contributed by atoms with Crippen molar-refractivity contribution >= 4 is 28.0 Å². The van der Waals surface area contributed by atoms with E-state index in [0.29, 0.717) is 6.29 Å². The van der Waals surface area contributed by atoms with Crippen LogP contribution in [0, 0.1) is 0 Å². The molecule has 0 bridgehead atoms. The molecule has 4 rings (SSSR count). The summed E-state index contributed by atoms with van der Waals surface area (Å²) in [5, 5.41) is 20.9. The summed E-state index contributed by atoms with van der Waals surface area (Å²) in [7, 11) is -5.47. The van der Waals surface area contributed by atoms with Gasteiger partial charge in [0.1, 0.15) is 32.3 Å². The average molecular weight is 413 g/mol. The number of rotatable bonds is 3. The van der Waals surface area contributed by atoms with Crippen molar-refractivity contribution in [2.45, 2.75) is 4.90 Å². The number of phenols is 2. The third-order valence-corrected chi connectivity index (χ3v) is 5.40. The predicted octanol–water partition coefficient (Wildman–Crippen LogP) is 1.85. The highest BCUT2D eigenvalue weighted by molar-refractivity contribution is 7.86. The van der Waals surface area contributed by atoms with Crippen LogP contribution in [0.25, 0.3) is 11.3 Å². The zero-order valence-electron chi connectivity index (χ0n) is 14.2. The second-order valence-corrected chi connectivity index (χ2v) is 7.45. The number of aromatic hydroxyl groups is 2. The Labute approximate surface area is 162 Å². The first kappa shape index (κ1) is 18.6. The Morgan fingerprint density at radius 3 is 1.93 bits per heavy atom. The SMILES string of the molecule is O=Cc1ccc(-c2c(O)c(S(=O)(=O)[O-])c(O)c3c2C(=O)c2ccccc2C3=O)o1. The van der Waals surface area contributed by atoms with Crippen LogP contribution in [-0.2, 0) is 10.1 Å². The van der Waals surface area contributed by atoms with E-state index < -0.39 is 54.8 Å². The minimum atomic E-state index is -5.47. The number of carbonyl (C=O) groups excluding carboxylic acids is 3. The van der Waals surface area contributed by atoms with Crippen molar-refractivity contribution in [3.05, 3.63) is 64.4 Å². The van der Waals surface area contributed by atoms with Gasteiger partial charge in [-0.3, -0.25) is 14.4 Å². The summed E-state index contributed by atoms with van der Waals surface area (Å²) in [6, 6.07) is 7.91. The van der Waals surface area contributed by atoms with Crippen LogP contribution in [0.2, 0.25) is 0 Å². The molecule has 0 unspecified atom stereocenters. The second kappa shape index (κ2) is 6.12. The van der Waals surface area contributed by atoms with E-state index in [0.717, 1.165) is 6.07 Å². The van der Waals surface area contributed by atoms with E-state index in [4.69, 9.17) is 4.42 Å². The van der Waals surface area contributed by atoms with E-state index in [9.17, 15) is 37.6 Å². The van der Waals surface area contributed by atoms with Gasteiger partial charge >= 0.3 is 0 Å². The molecule has 10 heteroatoms. The molecule has 2 N–H and O–H groups in total. The van der Waals surface area contributed by atoms with Gasteiger partial charge in [0, 0.05) is 11.1 Å². The smallest absolute Gasteiger partial charge is 0.198 e. The first-order valence-electron chi connectivity index (χ1n) is 7.98. The number of aldehydes is 1. The molecule has 0 saturated heterocycles. The van der Waals surface area contributed by atoms with Gasteiger partial charge in [0.25, 0.3) is 0 Å². The fourth-order valence-corrected chi connectivity index (χ4v) is 4.00. The molecule has 29 heavy (non-hydrogen) atoms. The molecule has 146 valence electrons. The normalized spacial score (nSPS) is 13.1. The Morgan fingerprint density at radius 1 is 0.862 bits per heavy atom. The first-order valence-corrected chi connectivity index (χ1v) is 9.39. The summed E-state index contributed by atoms with van der Waals surface area (Å²) in [6.07, 6.45) is 0.320. The van der Waals surface area contributed by atoms with Crippen molar-refractivity contribution in [1.29, 1.82) is 0 Å². The Kier molecular flexibility index (Phi) is 3.93. The molecule has 1 aromatic heterocycles. The van der Waals surface area contributed by atoms with Gasteiger partial charge in [-0.15, -0.1) is 0 Å². The lowest BCUT2D eigenvalue weighted by Crippen LogP contribution is -2.23. The van der Waals surface area contributed by atoms with E-state index in [1.165, 1.54) is 30.3 Å². The van der Waals surface area contributed by atoms with Gasteiger partial charge < -0.3 is 19.2 Å². The van der Waals surface area contributed by atoms with Crippen LogP contribution >= 0.6 is 0 Å². The number of hydrogen-bond acceptors (Lipinski definition) is 9. The van der Waals surface area contributed by atoms with Gasteiger partial charge in [0.05, 0.1) is 16.7 Å². The number of hydrogen-bond donors (Lipinski definition) is 2. The zero-order valence-corrected chi connectivity index (χ0v) is 15.0. The Bertz CT molecular complexity index is 1350. The molecule has 0 spiro atoms. The highest BCUT2D eigenvalue weighted by Crippen LogP contribution is 2.49. The Hall–Kier alpha value is -3.76. The van der Waals surface area contributed by atoms with E-state index in [1.54, 1.807) is 0 Å². The van der Waals surface area contributed by atoms with Crippen LogP contribution < -0.4 is 0 Å². The fourth-order valence-electron chi connectivity index (χ4n) is 3.32. The van der Waals surface area contributed by atoms with Gasteiger partial charge in [-0.1, -0.05) is 24.3 Å². The molecule has 9 nitrogen and oxygen atoms in total. The maximum absolute atomic E-state index is 13.1. The third-order valence-electron chi connectivity index (χ3n) is 4.51. The van der Waals surface area contributed by atoms with Gasteiger partial charge in [0.2, 0.25) is 0 Å². The number of carbonyl (C=O) groups is 3. The Morgan fingerprint density at radius 2 is 1.41 bits per heavy atom. The molecule has 0 saturated carbocycles. The number of phenolic OH excluding ortho intramolecular Hbond substituents is 2. The van der Waals surface area contributed by atoms with Crippen LogP contribution in [0.15, 0.2) is 45.7 Å². The third kappa shape index (κ3) is 2.57. The van der Waals surface area contributed by atoms with Crippen molar-refractivity contribution in [3.8, 4) is 22.8 Å². The molecule has 0 radical (unpaired) electrons. The number of fused-ring (bicyclic) bond motifs is 2. The molecular weight excluding hydrogens is 404 g/mol. The summed E-state index contributed by atoms with van der Waals surface area (Å²) in [4.78, 5) is 35.5. The molecule has 1 heterocycles.